The van der Waals surface area contributed by atoms with Crippen molar-refractivity contribution in [3.8, 4) is 0 Å². The van der Waals surface area contributed by atoms with Crippen molar-refractivity contribution in [2.24, 2.45) is 0 Å². The molecule has 0 fully saturated rings. The Hall–Kier alpha value is -1.24. The van der Waals surface area contributed by atoms with Crippen molar-refractivity contribution in [2.75, 3.05) is 0 Å². The lowest BCUT2D eigenvalue weighted by atomic mass is 10.1. The third-order valence-electron chi connectivity index (χ3n) is 1.57. The minimum Gasteiger partial charge on any atom is -0.361 e. The first-order chi connectivity index (χ1) is 6.21. The molecule has 1 rings (SSSR count). The molecule has 0 radical (unpaired) electrons. The average molecular weight is 177 g/mol. The summed E-state index contributed by atoms with van der Waals surface area (Å²) in [5, 5.41) is 0. The number of hydrogen-bond acceptors (Lipinski definition) is 0. The van der Waals surface area contributed by atoms with Crippen LogP contribution in [0.3, 0.4) is 0 Å². The van der Waals surface area contributed by atoms with Crippen molar-refractivity contribution in [3.63, 3.8) is 0 Å². The highest BCUT2D eigenvalue weighted by Gasteiger charge is 1.98. The molecule has 0 saturated heterocycles. The van der Waals surface area contributed by atoms with Crippen LogP contribution in [-0.2, 0) is 0 Å². The number of aromatic nitrogens is 1. The quantitative estimate of drug-likeness (QED) is 0.702. The van der Waals surface area contributed by atoms with Gasteiger partial charge in [0.15, 0.2) is 0 Å². The van der Waals surface area contributed by atoms with Crippen LogP contribution in [0.5, 0.6) is 0 Å². The molecular weight excluding hydrogens is 158 g/mol. The van der Waals surface area contributed by atoms with Gasteiger partial charge in [0.2, 0.25) is 0 Å². The number of H-pyrrole nitrogens is 1. The Morgan fingerprint density at radius 2 is 1.85 bits per heavy atom. The molecule has 0 aliphatic heterocycles. The summed E-state index contributed by atoms with van der Waals surface area (Å²) in [6.07, 6.45) is 6.83. The zero-order chi connectivity index (χ0) is 10.3. The first-order valence-corrected chi connectivity index (χ1v) is 4.64. The predicted molar refractivity (Wildman–Crippen MR) is 61.7 cm³/mol. The topological polar surface area (TPSA) is 15.8 Å². The van der Waals surface area contributed by atoms with Gasteiger partial charge in [-0.05, 0) is 18.6 Å². The van der Waals surface area contributed by atoms with Crippen LogP contribution >= 0.6 is 0 Å². The smallest absolute Gasteiger partial charge is 0.0450 e. The maximum absolute atomic E-state index is 3.70. The number of aryl methyl sites for hydroxylation is 1. The maximum Gasteiger partial charge on any atom is 0.0450 e. The van der Waals surface area contributed by atoms with Crippen molar-refractivity contribution < 1.29 is 0 Å². The lowest BCUT2D eigenvalue weighted by Gasteiger charge is -1.90. The SMILES string of the molecule is C=Cc1[nH]cc(C)c1C=C.CCC. The third kappa shape index (κ3) is 3.32. The fourth-order valence-corrected chi connectivity index (χ4v) is 0.994. The van der Waals surface area contributed by atoms with Crippen LogP contribution < -0.4 is 0 Å². The fraction of sp³-hybridized carbons (Fsp3) is 0.333. The molecule has 0 saturated carbocycles. The van der Waals surface area contributed by atoms with Crippen molar-refractivity contribution >= 4 is 12.2 Å². The molecule has 1 aromatic rings. The summed E-state index contributed by atoms with van der Waals surface area (Å²) in [5.74, 6) is 0. The van der Waals surface area contributed by atoms with Gasteiger partial charge in [0.1, 0.15) is 0 Å². The van der Waals surface area contributed by atoms with E-state index in [4.69, 9.17) is 0 Å². The van der Waals surface area contributed by atoms with Gasteiger partial charge in [-0.25, -0.2) is 0 Å². The Bertz CT molecular complexity index is 269. The molecule has 0 bridgehead atoms. The number of aromatic amines is 1. The largest absolute Gasteiger partial charge is 0.361 e. The Morgan fingerprint density at radius 3 is 2.15 bits per heavy atom. The van der Waals surface area contributed by atoms with E-state index in [-0.39, 0.29) is 0 Å². The summed E-state index contributed by atoms with van der Waals surface area (Å²) in [4.78, 5) is 3.09. The standard InChI is InChI=1S/C9H11N.C3H8/c1-4-8-7(3)6-10-9(8)5-2;1-3-2/h4-6,10H,1-2H2,3H3;3H2,1-2H3. The van der Waals surface area contributed by atoms with Gasteiger partial charge in [0.05, 0.1) is 0 Å². The summed E-state index contributed by atoms with van der Waals surface area (Å²) >= 11 is 0. The highest BCUT2D eigenvalue weighted by molar-refractivity contribution is 5.63. The van der Waals surface area contributed by atoms with E-state index in [0.29, 0.717) is 0 Å². The first-order valence-electron chi connectivity index (χ1n) is 4.64. The van der Waals surface area contributed by atoms with Crippen LogP contribution in [0.25, 0.3) is 12.2 Å². The second-order valence-corrected chi connectivity index (χ2v) is 2.91. The van der Waals surface area contributed by atoms with Crippen LogP contribution in [0, 0.1) is 6.92 Å². The Kier molecular flexibility index (Phi) is 5.69. The minimum absolute atomic E-state index is 1.05. The molecule has 1 nitrogen and oxygen atoms in total. The number of nitrogens with one attached hydrogen (secondary N) is 1. The van der Waals surface area contributed by atoms with E-state index < -0.39 is 0 Å². The first kappa shape index (κ1) is 11.8. The Morgan fingerprint density at radius 1 is 1.31 bits per heavy atom. The average Bonchev–Trinajstić information content (AvgIpc) is 2.47. The van der Waals surface area contributed by atoms with Crippen LogP contribution in [0.4, 0.5) is 0 Å². The molecule has 0 aliphatic rings. The van der Waals surface area contributed by atoms with Gasteiger partial charge in [-0.15, -0.1) is 0 Å². The van der Waals surface area contributed by atoms with Crippen molar-refractivity contribution in [1.82, 2.24) is 4.98 Å². The zero-order valence-electron chi connectivity index (χ0n) is 8.85. The molecule has 1 heteroatoms. The third-order valence-corrected chi connectivity index (χ3v) is 1.57. The van der Waals surface area contributed by atoms with Gasteiger partial charge in [-0.1, -0.05) is 39.5 Å². The van der Waals surface area contributed by atoms with Crippen LogP contribution in [0.1, 0.15) is 37.1 Å². The van der Waals surface area contributed by atoms with Crippen molar-refractivity contribution in [3.05, 3.63) is 36.2 Å². The molecule has 1 aromatic heterocycles. The summed E-state index contributed by atoms with van der Waals surface area (Å²) in [6.45, 7) is 13.7. The Labute approximate surface area is 81.2 Å². The van der Waals surface area contributed by atoms with E-state index in [2.05, 4.69) is 32.0 Å². The van der Waals surface area contributed by atoms with Gasteiger partial charge in [0.25, 0.3) is 0 Å². The summed E-state index contributed by atoms with van der Waals surface area (Å²) in [6, 6.07) is 0. The molecule has 0 unspecified atom stereocenters. The van der Waals surface area contributed by atoms with Gasteiger partial charge in [-0.2, -0.15) is 0 Å². The lowest BCUT2D eigenvalue weighted by Crippen LogP contribution is -1.74. The molecule has 0 amide bonds. The number of hydrogen-bond donors (Lipinski definition) is 1. The van der Waals surface area contributed by atoms with E-state index in [0.717, 1.165) is 11.3 Å². The molecule has 0 aromatic carbocycles. The van der Waals surface area contributed by atoms with Crippen molar-refractivity contribution in [2.45, 2.75) is 27.2 Å². The lowest BCUT2D eigenvalue weighted by molar-refractivity contribution is 1.09. The molecule has 0 spiro atoms. The van der Waals surface area contributed by atoms with Crippen molar-refractivity contribution in [1.29, 1.82) is 0 Å². The van der Waals surface area contributed by atoms with Gasteiger partial charge in [-0.3, -0.25) is 0 Å². The highest BCUT2D eigenvalue weighted by Crippen LogP contribution is 2.14. The summed E-state index contributed by atoms with van der Waals surface area (Å²) in [5.41, 5.74) is 3.41. The Balaban J connectivity index is 0.000000424. The maximum atomic E-state index is 3.70. The molecule has 13 heavy (non-hydrogen) atoms. The fourth-order valence-electron chi connectivity index (χ4n) is 0.994. The second kappa shape index (κ2) is 6.30. The molecule has 72 valence electrons. The van der Waals surface area contributed by atoms with E-state index in [1.54, 1.807) is 6.08 Å². The van der Waals surface area contributed by atoms with Crippen LogP contribution in [-0.4, -0.2) is 4.98 Å². The molecule has 0 aliphatic carbocycles. The van der Waals surface area contributed by atoms with Crippen LogP contribution in [0.2, 0.25) is 0 Å². The highest BCUT2D eigenvalue weighted by atomic mass is 14.7. The predicted octanol–water partition coefficient (Wildman–Crippen LogP) is 4.03. The van der Waals surface area contributed by atoms with E-state index in [1.807, 2.05) is 19.2 Å². The summed E-state index contributed by atoms with van der Waals surface area (Å²) in [7, 11) is 0. The van der Waals surface area contributed by atoms with Crippen LogP contribution in [0.15, 0.2) is 19.4 Å². The molecule has 0 atom stereocenters. The van der Waals surface area contributed by atoms with Gasteiger partial charge in [0, 0.05) is 17.5 Å². The van der Waals surface area contributed by atoms with Gasteiger partial charge < -0.3 is 4.98 Å². The summed E-state index contributed by atoms with van der Waals surface area (Å²) < 4.78 is 0. The zero-order valence-corrected chi connectivity index (χ0v) is 8.85. The molecule has 1 heterocycles. The van der Waals surface area contributed by atoms with Gasteiger partial charge >= 0.3 is 0 Å². The monoisotopic (exact) mass is 177 g/mol. The van der Waals surface area contributed by atoms with E-state index in [9.17, 15) is 0 Å². The second-order valence-electron chi connectivity index (χ2n) is 2.91. The molecule has 1 N–H and O–H groups in total. The van der Waals surface area contributed by atoms with E-state index >= 15 is 0 Å². The van der Waals surface area contributed by atoms with E-state index in [1.165, 1.54) is 12.0 Å². The minimum atomic E-state index is 1.05. The number of rotatable bonds is 2. The normalized spacial score (nSPS) is 8.54. The molecular formula is C12H19N.